The number of carbonyl (C=O) groups excluding carboxylic acids is 2. The van der Waals surface area contributed by atoms with Crippen molar-refractivity contribution in [3.05, 3.63) is 53.1 Å². The largest absolute Gasteiger partial charge is 0.488 e. The number of benzene rings is 1. The molecule has 0 radical (unpaired) electrons. The molecule has 8 heteroatoms. The molecule has 0 bridgehead atoms. The summed E-state index contributed by atoms with van der Waals surface area (Å²) in [6, 6.07) is 6.57. The van der Waals surface area contributed by atoms with Gasteiger partial charge in [0, 0.05) is 18.7 Å². The molecule has 1 saturated carbocycles. The van der Waals surface area contributed by atoms with E-state index in [0.717, 1.165) is 24.0 Å². The molecule has 3 rings (SSSR count). The predicted molar refractivity (Wildman–Crippen MR) is 97.3 cm³/mol. The van der Waals surface area contributed by atoms with Crippen molar-refractivity contribution in [2.24, 2.45) is 5.92 Å². The van der Waals surface area contributed by atoms with E-state index in [0.29, 0.717) is 11.6 Å². The molecule has 1 N–H and O–H groups in total. The molecule has 1 heterocycles. The van der Waals surface area contributed by atoms with Gasteiger partial charge in [-0.2, -0.15) is 0 Å². The number of Topliss-reactive ketones (excluding diaryl/α,β-unsaturated/α-hetero) is 1. The average molecular weight is 389 g/mol. The number of aryl methyl sites for hydroxylation is 1. The van der Waals surface area contributed by atoms with Crippen LogP contribution in [0.4, 0.5) is 8.78 Å². The maximum Gasteiger partial charge on any atom is 0.272 e. The van der Waals surface area contributed by atoms with Crippen molar-refractivity contribution < 1.29 is 23.1 Å². The van der Waals surface area contributed by atoms with E-state index in [-0.39, 0.29) is 30.4 Å². The minimum absolute atomic E-state index is 0.105. The van der Waals surface area contributed by atoms with Crippen molar-refractivity contribution in [1.82, 2.24) is 15.3 Å². The smallest absolute Gasteiger partial charge is 0.272 e. The number of carbonyl (C=O) groups is 2. The van der Waals surface area contributed by atoms with Gasteiger partial charge in [-0.15, -0.1) is 0 Å². The Morgan fingerprint density at radius 3 is 2.79 bits per heavy atom. The van der Waals surface area contributed by atoms with Gasteiger partial charge >= 0.3 is 0 Å². The van der Waals surface area contributed by atoms with Crippen LogP contribution in [0, 0.1) is 12.8 Å². The van der Waals surface area contributed by atoms with Gasteiger partial charge in [0.25, 0.3) is 12.3 Å². The first-order valence-electron chi connectivity index (χ1n) is 9.05. The van der Waals surface area contributed by atoms with Crippen LogP contribution >= 0.6 is 0 Å². The van der Waals surface area contributed by atoms with Gasteiger partial charge in [0.1, 0.15) is 29.7 Å². The lowest BCUT2D eigenvalue weighted by molar-refractivity contribution is -0.119. The van der Waals surface area contributed by atoms with Crippen LogP contribution in [0.1, 0.15) is 40.3 Å². The summed E-state index contributed by atoms with van der Waals surface area (Å²) < 4.78 is 29.7. The third-order valence-corrected chi connectivity index (χ3v) is 4.24. The standard InChI is InChI=1S/C20H21F2N3O3/c1-12-6-13(8-15(7-12)28-11-18(21)22)10-24-20(27)16-4-5-23-19(25-16)9-17(26)14-2-3-14/h4-8,14,18H,2-3,9-11H2,1H3,(H,24,27). The molecule has 28 heavy (non-hydrogen) atoms. The van der Waals surface area contributed by atoms with Crippen molar-refractivity contribution in [2.45, 2.75) is 39.2 Å². The zero-order chi connectivity index (χ0) is 20.1. The Bertz CT molecular complexity index is 870. The van der Waals surface area contributed by atoms with Gasteiger partial charge in [-0.25, -0.2) is 18.7 Å². The third-order valence-electron chi connectivity index (χ3n) is 4.24. The first kappa shape index (κ1) is 19.9. The maximum absolute atomic E-state index is 12.4. The number of nitrogens with zero attached hydrogens (tertiary/aromatic N) is 2. The fraction of sp³-hybridized carbons (Fsp3) is 0.400. The highest BCUT2D eigenvalue weighted by Crippen LogP contribution is 2.30. The molecule has 0 unspecified atom stereocenters. The van der Waals surface area contributed by atoms with Crippen LogP contribution in [-0.2, 0) is 17.8 Å². The summed E-state index contributed by atoms with van der Waals surface area (Å²) in [6.07, 6.45) is 0.869. The van der Waals surface area contributed by atoms with Crippen LogP contribution < -0.4 is 10.1 Å². The van der Waals surface area contributed by atoms with Gasteiger partial charge in [-0.1, -0.05) is 6.07 Å². The van der Waals surface area contributed by atoms with Crippen LogP contribution in [0.15, 0.2) is 30.5 Å². The van der Waals surface area contributed by atoms with E-state index >= 15 is 0 Å². The summed E-state index contributed by atoms with van der Waals surface area (Å²) in [5.74, 6) is 0.479. The zero-order valence-electron chi connectivity index (χ0n) is 15.5. The molecule has 1 aliphatic carbocycles. The summed E-state index contributed by atoms with van der Waals surface area (Å²) in [5, 5.41) is 2.73. The molecule has 1 aliphatic rings. The zero-order valence-corrected chi connectivity index (χ0v) is 15.5. The average Bonchev–Trinajstić information content (AvgIpc) is 3.49. The van der Waals surface area contributed by atoms with Crippen molar-refractivity contribution in [2.75, 3.05) is 6.61 Å². The number of amides is 1. The summed E-state index contributed by atoms with van der Waals surface area (Å²) in [4.78, 5) is 32.5. The molecule has 2 aromatic rings. The van der Waals surface area contributed by atoms with Gasteiger partial charge < -0.3 is 10.1 Å². The van der Waals surface area contributed by atoms with Gasteiger partial charge in [-0.3, -0.25) is 9.59 Å². The molecular formula is C20H21F2N3O3. The lowest BCUT2D eigenvalue weighted by atomic mass is 10.1. The highest BCUT2D eigenvalue weighted by molar-refractivity contribution is 5.92. The van der Waals surface area contributed by atoms with Gasteiger partial charge in [0.05, 0.1) is 6.42 Å². The molecule has 0 aliphatic heterocycles. The van der Waals surface area contributed by atoms with Gasteiger partial charge in [-0.05, 0) is 49.1 Å². The van der Waals surface area contributed by atoms with Crippen LogP contribution in [0.25, 0.3) is 0 Å². The summed E-state index contributed by atoms with van der Waals surface area (Å²) in [6.45, 7) is 1.32. The van der Waals surface area contributed by atoms with Crippen LogP contribution in [0.2, 0.25) is 0 Å². The van der Waals surface area contributed by atoms with Crippen LogP contribution in [0.5, 0.6) is 5.75 Å². The quantitative estimate of drug-likeness (QED) is 0.713. The minimum Gasteiger partial charge on any atom is -0.488 e. The number of halogens is 2. The Balaban J connectivity index is 1.60. The SMILES string of the molecule is Cc1cc(CNC(=O)c2ccnc(CC(=O)C3CC3)n2)cc(OCC(F)F)c1. The van der Waals surface area contributed by atoms with Gasteiger partial charge in [0.2, 0.25) is 0 Å². The lowest BCUT2D eigenvalue weighted by Crippen LogP contribution is -2.24. The Morgan fingerprint density at radius 2 is 2.07 bits per heavy atom. The van der Waals surface area contributed by atoms with E-state index in [2.05, 4.69) is 15.3 Å². The third kappa shape index (κ3) is 5.80. The number of hydrogen-bond acceptors (Lipinski definition) is 5. The Labute approximate surface area is 161 Å². The first-order valence-corrected chi connectivity index (χ1v) is 9.05. The predicted octanol–water partition coefficient (Wildman–Crippen LogP) is 2.88. The fourth-order valence-electron chi connectivity index (χ4n) is 2.76. The van der Waals surface area contributed by atoms with E-state index in [1.165, 1.54) is 12.3 Å². The van der Waals surface area contributed by atoms with Crippen molar-refractivity contribution >= 4 is 11.7 Å². The molecule has 1 aromatic carbocycles. The molecule has 148 valence electrons. The molecule has 0 spiro atoms. The summed E-state index contributed by atoms with van der Waals surface area (Å²) in [5.41, 5.74) is 1.73. The van der Waals surface area contributed by atoms with Crippen molar-refractivity contribution in [3.63, 3.8) is 0 Å². The number of nitrogens with one attached hydrogen (secondary N) is 1. The number of rotatable bonds is 9. The van der Waals surface area contributed by atoms with E-state index in [4.69, 9.17) is 4.74 Å². The molecule has 0 saturated heterocycles. The molecule has 1 aromatic heterocycles. The van der Waals surface area contributed by atoms with E-state index in [1.54, 1.807) is 12.1 Å². The molecule has 1 amide bonds. The maximum atomic E-state index is 12.4. The van der Waals surface area contributed by atoms with Crippen LogP contribution in [-0.4, -0.2) is 34.7 Å². The normalized spacial score (nSPS) is 13.4. The second-order valence-electron chi connectivity index (χ2n) is 6.81. The fourth-order valence-corrected chi connectivity index (χ4v) is 2.76. The second kappa shape index (κ2) is 8.86. The van der Waals surface area contributed by atoms with Crippen LogP contribution in [0.3, 0.4) is 0 Å². The summed E-state index contributed by atoms with van der Waals surface area (Å²) >= 11 is 0. The van der Waals surface area contributed by atoms with Gasteiger partial charge in [0.15, 0.2) is 0 Å². The van der Waals surface area contributed by atoms with E-state index in [9.17, 15) is 18.4 Å². The lowest BCUT2D eigenvalue weighted by Gasteiger charge is -2.10. The minimum atomic E-state index is -2.55. The topological polar surface area (TPSA) is 81.2 Å². The van der Waals surface area contributed by atoms with Crippen molar-refractivity contribution in [3.8, 4) is 5.75 Å². The van der Waals surface area contributed by atoms with E-state index < -0.39 is 18.9 Å². The Kier molecular flexibility index (Phi) is 6.28. The molecular weight excluding hydrogens is 368 g/mol. The molecule has 1 fully saturated rings. The molecule has 6 nitrogen and oxygen atoms in total. The highest BCUT2D eigenvalue weighted by atomic mass is 19.3. The van der Waals surface area contributed by atoms with Crippen molar-refractivity contribution in [1.29, 1.82) is 0 Å². The number of aromatic nitrogens is 2. The highest BCUT2D eigenvalue weighted by Gasteiger charge is 2.29. The number of ketones is 1. The number of hydrogen-bond donors (Lipinski definition) is 1. The number of ether oxygens (including phenoxy) is 1. The molecule has 0 atom stereocenters. The Hall–Kier alpha value is -2.90. The summed E-state index contributed by atoms with van der Waals surface area (Å²) in [7, 11) is 0. The number of alkyl halides is 2. The second-order valence-corrected chi connectivity index (χ2v) is 6.81. The monoisotopic (exact) mass is 389 g/mol. The Morgan fingerprint density at radius 1 is 1.29 bits per heavy atom. The first-order chi connectivity index (χ1) is 13.4. The van der Waals surface area contributed by atoms with E-state index in [1.807, 2.05) is 13.0 Å².